The molecule has 3 aromatic rings. The van der Waals surface area contributed by atoms with E-state index in [9.17, 15) is 10.0 Å². The van der Waals surface area contributed by atoms with Gasteiger partial charge >= 0.3 is 0 Å². The minimum absolute atomic E-state index is 0.150. The van der Waals surface area contributed by atoms with Gasteiger partial charge in [0.05, 0.1) is 12.0 Å². The first kappa shape index (κ1) is 13.6. The molecule has 0 fully saturated rings. The van der Waals surface area contributed by atoms with Crippen molar-refractivity contribution >= 4 is 28.6 Å². The lowest BCUT2D eigenvalue weighted by Gasteiger charge is -2.21. The van der Waals surface area contributed by atoms with E-state index >= 15 is 0 Å². The molecule has 1 aromatic carbocycles. The molecule has 2 heterocycles. The Labute approximate surface area is 122 Å². The summed E-state index contributed by atoms with van der Waals surface area (Å²) in [6.45, 7) is 0. The van der Waals surface area contributed by atoms with Gasteiger partial charge in [0.2, 0.25) is 0 Å². The Morgan fingerprint density at radius 2 is 2.29 bits per heavy atom. The van der Waals surface area contributed by atoms with Crippen LogP contribution in [0.1, 0.15) is 5.56 Å². The van der Waals surface area contributed by atoms with Crippen LogP contribution in [0.4, 0.5) is 5.69 Å². The summed E-state index contributed by atoms with van der Waals surface area (Å²) in [5.74, 6) is 0.487. The molecule has 0 aliphatic carbocycles. The maximum Gasteiger partial charge on any atom is 0.277 e. The lowest BCUT2D eigenvalue weighted by molar-refractivity contribution is 0.296. The number of benzene rings is 1. The summed E-state index contributed by atoms with van der Waals surface area (Å²) in [7, 11) is 0. The van der Waals surface area contributed by atoms with Crippen molar-refractivity contribution in [3.8, 4) is 0 Å². The Hall–Kier alpha value is -2.36. The van der Waals surface area contributed by atoms with Crippen molar-refractivity contribution in [3.63, 3.8) is 0 Å². The molecular weight excluding hydrogens is 294 g/mol. The second-order valence-electron chi connectivity index (χ2n) is 4.20. The van der Waals surface area contributed by atoms with E-state index in [1.54, 1.807) is 12.1 Å². The number of nitrogens with zero attached hydrogens (tertiary/aromatic N) is 3. The standard InChI is InChI=1S/C12H10N5O3S/c18-11-9-10(14-6-13-9)15-12(16-11)21-5-7-2-1-3-8(4-7)17(19)20/h1-4,6,19H,5H2,(H2,13,14,15,16,18)/q-1. The van der Waals surface area contributed by atoms with E-state index in [1.807, 2.05) is 6.07 Å². The highest BCUT2D eigenvalue weighted by Crippen LogP contribution is 2.22. The molecule has 0 amide bonds. The summed E-state index contributed by atoms with van der Waals surface area (Å²) >= 11 is 1.30. The van der Waals surface area contributed by atoms with Gasteiger partial charge in [0.25, 0.3) is 5.56 Å². The predicted octanol–water partition coefficient (Wildman–Crippen LogP) is 1.63. The van der Waals surface area contributed by atoms with Gasteiger partial charge in [0.15, 0.2) is 16.3 Å². The van der Waals surface area contributed by atoms with Crippen LogP contribution in [-0.2, 0) is 5.75 Å². The van der Waals surface area contributed by atoms with E-state index in [0.29, 0.717) is 22.1 Å². The zero-order valence-corrected chi connectivity index (χ0v) is 11.4. The average molecular weight is 304 g/mol. The monoisotopic (exact) mass is 304 g/mol. The number of thioether (sulfide) groups is 1. The van der Waals surface area contributed by atoms with Crippen LogP contribution < -0.4 is 10.8 Å². The fourth-order valence-corrected chi connectivity index (χ4v) is 2.61. The average Bonchev–Trinajstić information content (AvgIpc) is 2.94. The van der Waals surface area contributed by atoms with E-state index in [2.05, 4.69) is 19.9 Å². The zero-order valence-electron chi connectivity index (χ0n) is 10.6. The van der Waals surface area contributed by atoms with Crippen molar-refractivity contribution in [3.05, 3.63) is 51.7 Å². The third-order valence-corrected chi connectivity index (χ3v) is 3.73. The number of hydrogen-bond donors (Lipinski definition) is 3. The zero-order chi connectivity index (χ0) is 14.8. The Morgan fingerprint density at radius 3 is 3.10 bits per heavy atom. The molecule has 3 rings (SSSR count). The van der Waals surface area contributed by atoms with Gasteiger partial charge in [-0.25, -0.2) is 9.97 Å². The maximum absolute atomic E-state index is 11.8. The van der Waals surface area contributed by atoms with Crippen LogP contribution in [-0.4, -0.2) is 25.1 Å². The topological polar surface area (TPSA) is 121 Å². The van der Waals surface area contributed by atoms with Gasteiger partial charge < -0.3 is 15.4 Å². The Kier molecular flexibility index (Phi) is 3.60. The largest absolute Gasteiger partial charge is 0.733 e. The smallest absolute Gasteiger partial charge is 0.277 e. The number of rotatable bonds is 4. The Balaban J connectivity index is 1.80. The SMILES string of the molecule is O=c1[nH]c(SCc2cccc(N([O-])O)c2)nc2nc[nH]c12. The number of nitrogens with one attached hydrogen (secondary N) is 2. The summed E-state index contributed by atoms with van der Waals surface area (Å²) in [6, 6.07) is 6.53. The van der Waals surface area contributed by atoms with Gasteiger partial charge in [-0.1, -0.05) is 23.9 Å². The molecule has 108 valence electrons. The summed E-state index contributed by atoms with van der Waals surface area (Å²) < 4.78 is 0. The van der Waals surface area contributed by atoms with Gasteiger partial charge in [0, 0.05) is 5.75 Å². The van der Waals surface area contributed by atoms with Gasteiger partial charge in [0.1, 0.15) is 0 Å². The van der Waals surface area contributed by atoms with Crippen LogP contribution in [0.2, 0.25) is 0 Å². The third kappa shape index (κ3) is 2.89. The van der Waals surface area contributed by atoms with Crippen LogP contribution in [0.25, 0.3) is 11.2 Å². The summed E-state index contributed by atoms with van der Waals surface area (Å²) in [5.41, 5.74) is 1.38. The molecule has 3 N–H and O–H groups in total. The van der Waals surface area contributed by atoms with Crippen molar-refractivity contribution < 1.29 is 5.21 Å². The van der Waals surface area contributed by atoms with Crippen LogP contribution in [0.3, 0.4) is 0 Å². The molecule has 2 aromatic heterocycles. The van der Waals surface area contributed by atoms with Crippen LogP contribution in [0.15, 0.2) is 40.5 Å². The minimum Gasteiger partial charge on any atom is -0.733 e. The first-order chi connectivity index (χ1) is 10.1. The van der Waals surface area contributed by atoms with Gasteiger partial charge in [-0.05, 0) is 17.7 Å². The molecular formula is C12H10N5O3S-. The van der Waals surface area contributed by atoms with Crippen molar-refractivity contribution in [1.29, 1.82) is 0 Å². The molecule has 0 unspecified atom stereocenters. The molecule has 0 bridgehead atoms. The van der Waals surface area contributed by atoms with E-state index in [1.165, 1.54) is 24.2 Å². The molecule has 0 spiro atoms. The quantitative estimate of drug-likeness (QED) is 0.380. The normalized spacial score (nSPS) is 11.0. The number of imidazole rings is 1. The van der Waals surface area contributed by atoms with E-state index in [4.69, 9.17) is 5.21 Å². The second-order valence-corrected chi connectivity index (χ2v) is 5.17. The van der Waals surface area contributed by atoms with E-state index in [0.717, 1.165) is 5.56 Å². The molecule has 0 aliphatic rings. The molecule has 0 atom stereocenters. The van der Waals surface area contributed by atoms with Crippen molar-refractivity contribution in [2.24, 2.45) is 0 Å². The Bertz CT molecular complexity index is 829. The van der Waals surface area contributed by atoms with Crippen molar-refractivity contribution in [2.45, 2.75) is 10.9 Å². The third-order valence-electron chi connectivity index (χ3n) is 2.78. The number of aromatic nitrogens is 4. The highest BCUT2D eigenvalue weighted by molar-refractivity contribution is 7.98. The van der Waals surface area contributed by atoms with Gasteiger partial charge in [-0.3, -0.25) is 15.0 Å². The molecule has 0 aliphatic heterocycles. The molecule has 21 heavy (non-hydrogen) atoms. The fourth-order valence-electron chi connectivity index (χ4n) is 1.81. The number of aromatic amines is 2. The molecule has 0 radical (unpaired) electrons. The van der Waals surface area contributed by atoms with Crippen LogP contribution in [0, 0.1) is 5.21 Å². The lowest BCUT2D eigenvalue weighted by atomic mass is 10.2. The molecule has 0 saturated heterocycles. The summed E-state index contributed by atoms with van der Waals surface area (Å²) in [6.07, 6.45) is 1.41. The van der Waals surface area contributed by atoms with Gasteiger partial charge in [-0.15, -0.1) is 0 Å². The Morgan fingerprint density at radius 1 is 1.43 bits per heavy atom. The van der Waals surface area contributed by atoms with E-state index < -0.39 is 0 Å². The number of fused-ring (bicyclic) bond motifs is 1. The van der Waals surface area contributed by atoms with Crippen molar-refractivity contribution in [2.75, 3.05) is 5.23 Å². The van der Waals surface area contributed by atoms with Crippen LogP contribution >= 0.6 is 11.8 Å². The molecule has 8 nitrogen and oxygen atoms in total. The summed E-state index contributed by atoms with van der Waals surface area (Å²) in [4.78, 5) is 25.3. The predicted molar refractivity (Wildman–Crippen MR) is 78.1 cm³/mol. The molecule has 0 saturated carbocycles. The second kappa shape index (κ2) is 5.56. The number of hydrogen-bond acceptors (Lipinski definition) is 7. The maximum atomic E-state index is 11.8. The van der Waals surface area contributed by atoms with Gasteiger partial charge in [-0.2, -0.15) is 0 Å². The number of H-pyrrole nitrogens is 2. The first-order valence-corrected chi connectivity index (χ1v) is 6.93. The first-order valence-electron chi connectivity index (χ1n) is 5.95. The lowest BCUT2D eigenvalue weighted by Crippen LogP contribution is -2.09. The van der Waals surface area contributed by atoms with Crippen molar-refractivity contribution in [1.82, 2.24) is 19.9 Å². The minimum atomic E-state index is -0.283. The highest BCUT2D eigenvalue weighted by atomic mass is 32.2. The van der Waals surface area contributed by atoms with Crippen LogP contribution in [0.5, 0.6) is 0 Å². The van der Waals surface area contributed by atoms with E-state index in [-0.39, 0.29) is 16.5 Å². The summed E-state index contributed by atoms with van der Waals surface area (Å²) in [5, 5.41) is 19.9. The highest BCUT2D eigenvalue weighted by Gasteiger charge is 2.06. The molecule has 9 heteroatoms. The number of anilines is 1. The fraction of sp³-hybridized carbons (Fsp3) is 0.0833.